The second-order valence-electron chi connectivity index (χ2n) is 1.86. The molecule has 9 heavy (non-hydrogen) atoms. The molecule has 0 bridgehead atoms. The van der Waals surface area contributed by atoms with Gasteiger partial charge in [0.25, 0.3) is 0 Å². The Labute approximate surface area is 53.5 Å². The quantitative estimate of drug-likeness (QED) is 0.463. The molecule has 0 amide bonds. The van der Waals surface area contributed by atoms with Crippen molar-refractivity contribution in [3.8, 4) is 0 Å². The number of carboxylic acids is 1. The van der Waals surface area contributed by atoms with Gasteiger partial charge < -0.3 is 15.5 Å². The van der Waals surface area contributed by atoms with E-state index in [1.165, 1.54) is 0 Å². The van der Waals surface area contributed by atoms with E-state index in [-0.39, 0.29) is 0 Å². The van der Waals surface area contributed by atoms with Crippen LogP contribution in [-0.2, 0) is 4.79 Å². The fraction of sp³-hybridized carbons (Fsp3) is 0.800. The zero-order valence-electron chi connectivity index (χ0n) is 5.46. The normalized spacial score (nSPS) is 16.8. The number of hydrogen-bond donors (Lipinski definition) is 3. The van der Waals surface area contributed by atoms with Crippen LogP contribution in [-0.4, -0.2) is 35.4 Å². The lowest BCUT2D eigenvalue weighted by Crippen LogP contribution is -2.40. The van der Waals surface area contributed by atoms with Gasteiger partial charge in [0.15, 0.2) is 6.10 Å². The van der Waals surface area contributed by atoms with Crippen LogP contribution in [0.4, 0.5) is 0 Å². The van der Waals surface area contributed by atoms with E-state index in [9.17, 15) is 4.79 Å². The van der Waals surface area contributed by atoms with Crippen molar-refractivity contribution < 1.29 is 15.0 Å². The molecule has 0 rings (SSSR count). The number of nitrogens with one attached hydrogen (secondary N) is 1. The predicted molar refractivity (Wildman–Crippen MR) is 32.2 cm³/mol. The number of rotatable bonds is 3. The summed E-state index contributed by atoms with van der Waals surface area (Å²) in [7, 11) is 1.59. The Kier molecular flexibility index (Phi) is 3.19. The van der Waals surface area contributed by atoms with Gasteiger partial charge in [0, 0.05) is 6.04 Å². The molecular weight excluding hydrogens is 122 g/mol. The van der Waals surface area contributed by atoms with Crippen molar-refractivity contribution >= 4 is 5.97 Å². The smallest absolute Gasteiger partial charge is 0.334 e. The maximum absolute atomic E-state index is 10.0. The van der Waals surface area contributed by atoms with Crippen LogP contribution in [0.15, 0.2) is 0 Å². The van der Waals surface area contributed by atoms with Gasteiger partial charge >= 0.3 is 5.97 Å². The van der Waals surface area contributed by atoms with Gasteiger partial charge in [-0.25, -0.2) is 4.79 Å². The first kappa shape index (κ1) is 8.39. The Hall–Kier alpha value is -0.610. The van der Waals surface area contributed by atoms with Crippen molar-refractivity contribution in [2.45, 2.75) is 19.1 Å². The summed E-state index contributed by atoms with van der Waals surface area (Å²) in [5.41, 5.74) is 0. The molecule has 0 aromatic heterocycles. The van der Waals surface area contributed by atoms with Crippen molar-refractivity contribution in [2.24, 2.45) is 0 Å². The first-order valence-electron chi connectivity index (χ1n) is 2.67. The molecule has 54 valence electrons. The van der Waals surface area contributed by atoms with E-state index in [1.807, 2.05) is 0 Å². The van der Waals surface area contributed by atoms with Gasteiger partial charge in [-0.3, -0.25) is 0 Å². The first-order valence-corrected chi connectivity index (χ1v) is 2.67. The predicted octanol–water partition coefficient (Wildman–Crippen LogP) is -0.960. The topological polar surface area (TPSA) is 69.6 Å². The van der Waals surface area contributed by atoms with Crippen LogP contribution >= 0.6 is 0 Å². The molecule has 0 saturated heterocycles. The Morgan fingerprint density at radius 1 is 1.67 bits per heavy atom. The molecule has 4 nitrogen and oxygen atoms in total. The molecule has 0 aliphatic carbocycles. The summed E-state index contributed by atoms with van der Waals surface area (Å²) >= 11 is 0. The molecule has 0 saturated carbocycles. The molecule has 2 unspecified atom stereocenters. The standard InChI is InChI=1S/C5H11NO3/c1-3(6-2)4(7)5(8)9/h3-4,6-7H,1-2H3,(H,8,9). The lowest BCUT2D eigenvalue weighted by Gasteiger charge is -2.12. The Morgan fingerprint density at radius 2 is 2.11 bits per heavy atom. The number of aliphatic carboxylic acids is 1. The number of hydrogen-bond acceptors (Lipinski definition) is 3. The van der Waals surface area contributed by atoms with E-state index in [0.717, 1.165) is 0 Å². The SMILES string of the molecule is CNC(C)C(O)C(=O)O. The van der Waals surface area contributed by atoms with Crippen molar-refractivity contribution in [3.05, 3.63) is 0 Å². The van der Waals surface area contributed by atoms with Gasteiger partial charge in [-0.15, -0.1) is 0 Å². The van der Waals surface area contributed by atoms with Gasteiger partial charge in [0.05, 0.1) is 0 Å². The number of aliphatic hydroxyl groups is 1. The first-order chi connectivity index (χ1) is 4.09. The molecule has 0 spiro atoms. The second kappa shape index (κ2) is 3.42. The van der Waals surface area contributed by atoms with Crippen LogP contribution in [0.3, 0.4) is 0 Å². The second-order valence-corrected chi connectivity index (χ2v) is 1.86. The summed E-state index contributed by atoms with van der Waals surface area (Å²) in [6.45, 7) is 1.60. The lowest BCUT2D eigenvalue weighted by atomic mass is 10.2. The third-order valence-electron chi connectivity index (χ3n) is 1.18. The fourth-order valence-corrected chi connectivity index (χ4v) is 0.372. The number of carbonyl (C=O) groups is 1. The lowest BCUT2D eigenvalue weighted by molar-refractivity contribution is -0.147. The van der Waals surface area contributed by atoms with Crippen LogP contribution in [0, 0.1) is 0 Å². The van der Waals surface area contributed by atoms with Gasteiger partial charge in [-0.05, 0) is 14.0 Å². The van der Waals surface area contributed by atoms with E-state index < -0.39 is 18.1 Å². The molecule has 0 aliphatic heterocycles. The summed E-state index contributed by atoms with van der Waals surface area (Å²) in [4.78, 5) is 10.0. The highest BCUT2D eigenvalue weighted by molar-refractivity contribution is 5.72. The monoisotopic (exact) mass is 133 g/mol. The van der Waals surface area contributed by atoms with Gasteiger partial charge in [-0.2, -0.15) is 0 Å². The van der Waals surface area contributed by atoms with E-state index in [0.29, 0.717) is 0 Å². The van der Waals surface area contributed by atoms with E-state index >= 15 is 0 Å². The largest absolute Gasteiger partial charge is 0.479 e. The van der Waals surface area contributed by atoms with Gasteiger partial charge in [-0.1, -0.05) is 0 Å². The Bertz CT molecular complexity index is 104. The van der Waals surface area contributed by atoms with Crippen molar-refractivity contribution in [1.82, 2.24) is 5.32 Å². The van der Waals surface area contributed by atoms with Crippen LogP contribution < -0.4 is 5.32 Å². The van der Waals surface area contributed by atoms with Crippen LogP contribution in [0.1, 0.15) is 6.92 Å². The summed E-state index contributed by atoms with van der Waals surface area (Å²) in [5, 5.41) is 19.5. The van der Waals surface area contributed by atoms with Crippen LogP contribution in [0.5, 0.6) is 0 Å². The number of carboxylic acid groups (broad SMARTS) is 1. The van der Waals surface area contributed by atoms with Crippen molar-refractivity contribution in [1.29, 1.82) is 0 Å². The number of aliphatic hydroxyl groups excluding tert-OH is 1. The third kappa shape index (κ3) is 2.43. The maximum Gasteiger partial charge on any atom is 0.334 e. The van der Waals surface area contributed by atoms with Crippen LogP contribution in [0.25, 0.3) is 0 Å². The maximum atomic E-state index is 10.0. The zero-order chi connectivity index (χ0) is 7.44. The minimum atomic E-state index is -1.31. The molecule has 0 aliphatic rings. The van der Waals surface area contributed by atoms with E-state index in [4.69, 9.17) is 10.2 Å². The van der Waals surface area contributed by atoms with E-state index in [1.54, 1.807) is 14.0 Å². The minimum absolute atomic E-state index is 0.400. The Morgan fingerprint density at radius 3 is 2.22 bits per heavy atom. The molecule has 0 radical (unpaired) electrons. The molecule has 2 atom stereocenters. The average molecular weight is 133 g/mol. The highest BCUT2D eigenvalue weighted by Crippen LogP contribution is 1.89. The number of likely N-dealkylation sites (N-methyl/N-ethyl adjacent to an activating group) is 1. The third-order valence-corrected chi connectivity index (χ3v) is 1.18. The van der Waals surface area contributed by atoms with Crippen LogP contribution in [0.2, 0.25) is 0 Å². The van der Waals surface area contributed by atoms with Gasteiger partial charge in [0.1, 0.15) is 0 Å². The highest BCUT2D eigenvalue weighted by atomic mass is 16.4. The van der Waals surface area contributed by atoms with Crippen molar-refractivity contribution in [3.63, 3.8) is 0 Å². The summed E-state index contributed by atoms with van der Waals surface area (Å²) in [5.74, 6) is -1.20. The molecule has 0 aromatic rings. The molecular formula is C5H11NO3. The average Bonchev–Trinajstić information content (AvgIpc) is 1.84. The fourth-order valence-electron chi connectivity index (χ4n) is 0.372. The molecule has 3 N–H and O–H groups in total. The zero-order valence-corrected chi connectivity index (χ0v) is 5.46. The molecule has 0 heterocycles. The van der Waals surface area contributed by atoms with Crippen molar-refractivity contribution in [2.75, 3.05) is 7.05 Å². The molecule has 0 fully saturated rings. The molecule has 4 heteroatoms. The van der Waals surface area contributed by atoms with Gasteiger partial charge in [0.2, 0.25) is 0 Å². The molecule has 0 aromatic carbocycles. The minimum Gasteiger partial charge on any atom is -0.479 e. The summed E-state index contributed by atoms with van der Waals surface area (Å²) < 4.78 is 0. The summed E-state index contributed by atoms with van der Waals surface area (Å²) in [6.07, 6.45) is -1.31. The summed E-state index contributed by atoms with van der Waals surface area (Å²) in [6, 6.07) is -0.400. The Balaban J connectivity index is 3.72. The highest BCUT2D eigenvalue weighted by Gasteiger charge is 2.18. The van der Waals surface area contributed by atoms with E-state index in [2.05, 4.69) is 5.32 Å².